The minimum Gasteiger partial charge on any atom is -0.345 e. The third kappa shape index (κ3) is 5.00. The fourth-order valence-electron chi connectivity index (χ4n) is 4.08. The van der Waals surface area contributed by atoms with Gasteiger partial charge in [-0.3, -0.25) is 14.4 Å². The minimum absolute atomic E-state index is 0.0348. The number of nitrogens with one attached hydrogen (secondary N) is 1. The Morgan fingerprint density at radius 1 is 0.969 bits per heavy atom. The van der Waals surface area contributed by atoms with Crippen molar-refractivity contribution in [3.8, 4) is 11.8 Å². The number of aryl methyl sites for hydroxylation is 1. The topological polar surface area (TPSA) is 69.7 Å². The van der Waals surface area contributed by atoms with E-state index in [0.29, 0.717) is 13.0 Å². The maximum atomic E-state index is 12.5. The predicted octanol–water partition coefficient (Wildman–Crippen LogP) is 3.03. The monoisotopic (exact) mass is 429 g/mol. The van der Waals surface area contributed by atoms with Crippen molar-refractivity contribution >= 4 is 29.1 Å². The van der Waals surface area contributed by atoms with Crippen molar-refractivity contribution < 1.29 is 14.4 Å². The highest BCUT2D eigenvalue weighted by Crippen LogP contribution is 2.25. The van der Waals surface area contributed by atoms with E-state index in [9.17, 15) is 14.4 Å². The third-order valence-corrected chi connectivity index (χ3v) is 5.93. The van der Waals surface area contributed by atoms with E-state index in [4.69, 9.17) is 0 Å². The Balaban J connectivity index is 1.28. The maximum absolute atomic E-state index is 12.5. The normalized spacial score (nSPS) is 18.3. The highest BCUT2D eigenvalue weighted by Gasteiger charge is 2.34. The molecule has 1 N–H and O–H groups in total. The van der Waals surface area contributed by atoms with Crippen LogP contribution in [0.25, 0.3) is 0 Å². The molecule has 2 saturated heterocycles. The molecule has 2 heterocycles. The van der Waals surface area contributed by atoms with Crippen LogP contribution >= 0.6 is 0 Å². The van der Waals surface area contributed by atoms with Crippen LogP contribution in [-0.2, 0) is 14.4 Å². The number of anilines is 2. The molecular formula is C26H27N3O3. The second-order valence-corrected chi connectivity index (χ2v) is 8.31. The standard InChI is InChI=1S/C26H27N3O3/c1-19-7-11-23(12-8-19)29-18-21(17-25(29)31)26(32)27-15-4-5-20-9-13-22(14-10-20)28-16-3-2-6-24(28)30/h7-14,21H,2-3,6,15-18H2,1H3,(H,27,32). The van der Waals surface area contributed by atoms with Crippen molar-refractivity contribution in [1.82, 2.24) is 5.32 Å². The van der Waals surface area contributed by atoms with E-state index >= 15 is 0 Å². The van der Waals surface area contributed by atoms with Gasteiger partial charge in [0.25, 0.3) is 0 Å². The van der Waals surface area contributed by atoms with E-state index < -0.39 is 0 Å². The van der Waals surface area contributed by atoms with Crippen LogP contribution in [0.15, 0.2) is 48.5 Å². The van der Waals surface area contributed by atoms with E-state index in [1.54, 1.807) is 4.90 Å². The molecule has 4 rings (SSSR count). The lowest BCUT2D eigenvalue weighted by Gasteiger charge is -2.26. The summed E-state index contributed by atoms with van der Waals surface area (Å²) in [5, 5.41) is 2.82. The molecule has 32 heavy (non-hydrogen) atoms. The Morgan fingerprint density at radius 2 is 1.66 bits per heavy atom. The lowest BCUT2D eigenvalue weighted by atomic mass is 10.1. The summed E-state index contributed by atoms with van der Waals surface area (Å²) in [5.74, 6) is 5.61. The van der Waals surface area contributed by atoms with Gasteiger partial charge in [-0.25, -0.2) is 0 Å². The second-order valence-electron chi connectivity index (χ2n) is 8.31. The van der Waals surface area contributed by atoms with Gasteiger partial charge in [0.1, 0.15) is 0 Å². The number of carbonyl (C=O) groups excluding carboxylic acids is 3. The Labute approximate surface area is 188 Å². The number of piperidine rings is 1. The maximum Gasteiger partial charge on any atom is 0.227 e. The molecular weight excluding hydrogens is 402 g/mol. The van der Waals surface area contributed by atoms with Gasteiger partial charge in [-0.1, -0.05) is 29.5 Å². The molecule has 1 atom stereocenters. The van der Waals surface area contributed by atoms with Gasteiger partial charge in [0, 0.05) is 42.9 Å². The Hall–Kier alpha value is -3.59. The van der Waals surface area contributed by atoms with Crippen LogP contribution in [0.5, 0.6) is 0 Å². The molecule has 2 aliphatic rings. The third-order valence-electron chi connectivity index (χ3n) is 5.93. The zero-order valence-electron chi connectivity index (χ0n) is 18.3. The first kappa shape index (κ1) is 21.6. The summed E-state index contributed by atoms with van der Waals surface area (Å²) in [5.41, 5.74) is 3.68. The van der Waals surface area contributed by atoms with Crippen molar-refractivity contribution in [2.45, 2.75) is 32.6 Å². The van der Waals surface area contributed by atoms with Crippen LogP contribution in [-0.4, -0.2) is 37.4 Å². The summed E-state index contributed by atoms with van der Waals surface area (Å²) < 4.78 is 0. The molecule has 6 heteroatoms. The van der Waals surface area contributed by atoms with Crippen LogP contribution in [0.2, 0.25) is 0 Å². The van der Waals surface area contributed by atoms with Gasteiger partial charge in [0.15, 0.2) is 0 Å². The Morgan fingerprint density at radius 3 is 2.38 bits per heavy atom. The molecule has 2 fully saturated rings. The van der Waals surface area contributed by atoms with Gasteiger partial charge in [-0.05, 0) is 56.2 Å². The summed E-state index contributed by atoms with van der Waals surface area (Å²) in [6.45, 7) is 3.37. The predicted molar refractivity (Wildman–Crippen MR) is 124 cm³/mol. The SMILES string of the molecule is Cc1ccc(N2CC(C(=O)NCC#Cc3ccc(N4CCCCC4=O)cc3)CC2=O)cc1. The molecule has 0 aliphatic carbocycles. The van der Waals surface area contributed by atoms with Crippen molar-refractivity contribution in [3.63, 3.8) is 0 Å². The second kappa shape index (κ2) is 9.69. The van der Waals surface area contributed by atoms with Crippen molar-refractivity contribution in [2.75, 3.05) is 29.4 Å². The molecule has 0 radical (unpaired) electrons. The van der Waals surface area contributed by atoms with Gasteiger partial charge < -0.3 is 15.1 Å². The fourth-order valence-corrected chi connectivity index (χ4v) is 4.08. The lowest BCUT2D eigenvalue weighted by Crippen LogP contribution is -2.35. The van der Waals surface area contributed by atoms with Crippen molar-refractivity contribution in [1.29, 1.82) is 0 Å². The van der Waals surface area contributed by atoms with Gasteiger partial charge in [-0.2, -0.15) is 0 Å². The van der Waals surface area contributed by atoms with Crippen molar-refractivity contribution in [2.24, 2.45) is 5.92 Å². The largest absolute Gasteiger partial charge is 0.345 e. The Kier molecular flexibility index (Phi) is 6.55. The van der Waals surface area contributed by atoms with E-state index in [2.05, 4.69) is 17.2 Å². The lowest BCUT2D eigenvalue weighted by molar-refractivity contribution is -0.126. The zero-order valence-corrected chi connectivity index (χ0v) is 18.3. The van der Waals surface area contributed by atoms with E-state index in [1.807, 2.05) is 60.4 Å². The molecule has 2 aromatic rings. The number of benzene rings is 2. The number of amides is 3. The molecule has 1 unspecified atom stereocenters. The highest BCUT2D eigenvalue weighted by molar-refractivity contribution is 6.00. The minimum atomic E-state index is -0.369. The smallest absolute Gasteiger partial charge is 0.227 e. The first-order valence-electron chi connectivity index (χ1n) is 11.1. The average molecular weight is 430 g/mol. The van der Waals surface area contributed by atoms with Gasteiger partial charge in [0.05, 0.1) is 12.5 Å². The van der Waals surface area contributed by atoms with Gasteiger partial charge in [-0.15, -0.1) is 0 Å². The first-order valence-corrected chi connectivity index (χ1v) is 11.1. The molecule has 0 saturated carbocycles. The van der Waals surface area contributed by atoms with Crippen LogP contribution < -0.4 is 15.1 Å². The number of rotatable bonds is 4. The summed E-state index contributed by atoms with van der Waals surface area (Å²) in [6, 6.07) is 15.3. The van der Waals surface area contributed by atoms with Gasteiger partial charge in [0.2, 0.25) is 17.7 Å². The highest BCUT2D eigenvalue weighted by atomic mass is 16.2. The van der Waals surface area contributed by atoms with E-state index in [0.717, 1.165) is 41.9 Å². The molecule has 0 spiro atoms. The Bertz CT molecular complexity index is 1060. The summed E-state index contributed by atoms with van der Waals surface area (Å²) >= 11 is 0. The number of nitrogens with zero attached hydrogens (tertiary/aromatic N) is 2. The van der Waals surface area contributed by atoms with Crippen LogP contribution in [0.3, 0.4) is 0 Å². The summed E-state index contributed by atoms with van der Waals surface area (Å²) in [4.78, 5) is 40.4. The summed E-state index contributed by atoms with van der Waals surface area (Å²) in [6.07, 6.45) is 2.81. The summed E-state index contributed by atoms with van der Waals surface area (Å²) in [7, 11) is 0. The average Bonchev–Trinajstić information content (AvgIpc) is 3.20. The van der Waals surface area contributed by atoms with Crippen molar-refractivity contribution in [3.05, 3.63) is 59.7 Å². The number of hydrogen-bond donors (Lipinski definition) is 1. The van der Waals surface area contributed by atoms with E-state index in [-0.39, 0.29) is 36.6 Å². The molecule has 0 bridgehead atoms. The van der Waals surface area contributed by atoms with Crippen LogP contribution in [0.4, 0.5) is 11.4 Å². The molecule has 6 nitrogen and oxygen atoms in total. The molecule has 2 aromatic carbocycles. The quantitative estimate of drug-likeness (QED) is 0.760. The zero-order chi connectivity index (χ0) is 22.5. The molecule has 0 aromatic heterocycles. The van der Waals surface area contributed by atoms with E-state index in [1.165, 1.54) is 0 Å². The number of hydrogen-bond acceptors (Lipinski definition) is 3. The molecule has 3 amide bonds. The van der Waals surface area contributed by atoms with Crippen LogP contribution in [0.1, 0.15) is 36.8 Å². The molecule has 164 valence electrons. The van der Waals surface area contributed by atoms with Gasteiger partial charge >= 0.3 is 0 Å². The fraction of sp³-hybridized carbons (Fsp3) is 0.346. The number of carbonyl (C=O) groups is 3. The first-order chi connectivity index (χ1) is 15.5. The molecule has 2 aliphatic heterocycles. The van der Waals surface area contributed by atoms with Crippen LogP contribution in [0, 0.1) is 24.7 Å².